The minimum atomic E-state index is -0.229. The number of nitrogens with zero attached hydrogens (tertiary/aromatic N) is 1. The van der Waals surface area contributed by atoms with Crippen molar-refractivity contribution in [1.29, 1.82) is 0 Å². The number of carbonyl (C=O) groups excluding carboxylic acids is 1. The van der Waals surface area contributed by atoms with Gasteiger partial charge >= 0.3 is 0 Å². The van der Waals surface area contributed by atoms with E-state index in [0.29, 0.717) is 6.54 Å². The topological polar surface area (TPSA) is 46.3 Å². The third-order valence-electron chi connectivity index (χ3n) is 3.85. The maximum Gasteiger partial charge on any atom is 0.225 e. The van der Waals surface area contributed by atoms with E-state index in [1.165, 1.54) is 12.1 Å². The monoisotopic (exact) mass is 300 g/mol. The van der Waals surface area contributed by atoms with Gasteiger partial charge in [-0.25, -0.2) is 4.39 Å². The molecule has 0 aliphatic heterocycles. The Labute approximate surface area is 125 Å². The first-order valence-electron chi connectivity index (χ1n) is 6.81. The molecule has 1 aromatic rings. The molecule has 0 spiro atoms. The van der Waals surface area contributed by atoms with Gasteiger partial charge in [-0.15, -0.1) is 12.4 Å². The molecule has 1 saturated carbocycles. The molecule has 0 saturated heterocycles. The fourth-order valence-corrected chi connectivity index (χ4v) is 2.61. The van der Waals surface area contributed by atoms with Crippen molar-refractivity contribution in [2.45, 2.75) is 31.7 Å². The molecular weight excluding hydrogens is 279 g/mol. The Morgan fingerprint density at radius 2 is 2.00 bits per heavy atom. The summed E-state index contributed by atoms with van der Waals surface area (Å²) in [4.78, 5) is 13.9. The van der Waals surface area contributed by atoms with E-state index >= 15 is 0 Å². The first kappa shape index (κ1) is 16.9. The van der Waals surface area contributed by atoms with E-state index in [1.807, 2.05) is 7.05 Å². The van der Waals surface area contributed by atoms with Crippen LogP contribution in [0.5, 0.6) is 0 Å². The van der Waals surface area contributed by atoms with Gasteiger partial charge in [0.25, 0.3) is 0 Å². The standard InChI is InChI=1S/C15H21FN2O.ClH/c1-18(15(19)12-4-7-14(17)10-12)9-8-11-2-5-13(16)6-3-11;/h2-3,5-6,12,14H,4,7-10,17H2,1H3;1H. The molecule has 0 aromatic heterocycles. The summed E-state index contributed by atoms with van der Waals surface area (Å²) in [5.74, 6) is 0.0522. The van der Waals surface area contributed by atoms with Crippen molar-refractivity contribution in [3.8, 4) is 0 Å². The molecule has 2 atom stereocenters. The molecule has 2 unspecified atom stereocenters. The number of carbonyl (C=O) groups is 1. The number of benzene rings is 1. The summed E-state index contributed by atoms with van der Waals surface area (Å²) >= 11 is 0. The molecular formula is C15H22ClFN2O. The third-order valence-corrected chi connectivity index (χ3v) is 3.85. The van der Waals surface area contributed by atoms with Crippen molar-refractivity contribution in [1.82, 2.24) is 4.90 Å². The minimum absolute atomic E-state index is 0. The van der Waals surface area contributed by atoms with Crippen LogP contribution >= 0.6 is 12.4 Å². The molecule has 2 N–H and O–H groups in total. The first-order valence-corrected chi connectivity index (χ1v) is 6.81. The molecule has 1 amide bonds. The third kappa shape index (κ3) is 4.46. The molecule has 0 bridgehead atoms. The number of hydrogen-bond acceptors (Lipinski definition) is 2. The Balaban J connectivity index is 0.00000200. The van der Waals surface area contributed by atoms with Gasteiger partial charge in [0, 0.05) is 25.6 Å². The fourth-order valence-electron chi connectivity index (χ4n) is 2.61. The van der Waals surface area contributed by atoms with Gasteiger partial charge in [0.1, 0.15) is 5.82 Å². The zero-order chi connectivity index (χ0) is 13.8. The van der Waals surface area contributed by atoms with Crippen LogP contribution in [-0.4, -0.2) is 30.4 Å². The highest BCUT2D eigenvalue weighted by Gasteiger charge is 2.29. The van der Waals surface area contributed by atoms with Gasteiger partial charge in [-0.1, -0.05) is 12.1 Å². The lowest BCUT2D eigenvalue weighted by Crippen LogP contribution is -2.34. The molecule has 0 radical (unpaired) electrons. The second-order valence-corrected chi connectivity index (χ2v) is 5.41. The molecule has 5 heteroatoms. The van der Waals surface area contributed by atoms with Crippen LogP contribution in [0.15, 0.2) is 24.3 Å². The Morgan fingerprint density at radius 1 is 1.35 bits per heavy atom. The van der Waals surface area contributed by atoms with Crippen LogP contribution in [0.3, 0.4) is 0 Å². The van der Waals surface area contributed by atoms with Gasteiger partial charge in [0.15, 0.2) is 0 Å². The molecule has 3 nitrogen and oxygen atoms in total. The van der Waals surface area contributed by atoms with E-state index in [0.717, 1.165) is 31.2 Å². The molecule has 20 heavy (non-hydrogen) atoms. The Kier molecular flexibility index (Phi) is 6.43. The smallest absolute Gasteiger partial charge is 0.225 e. The average molecular weight is 301 g/mol. The van der Waals surface area contributed by atoms with Crippen LogP contribution in [0.25, 0.3) is 0 Å². The van der Waals surface area contributed by atoms with Crippen LogP contribution in [0, 0.1) is 11.7 Å². The minimum Gasteiger partial charge on any atom is -0.345 e. The van der Waals surface area contributed by atoms with E-state index in [2.05, 4.69) is 0 Å². The molecule has 1 aromatic carbocycles. The summed E-state index contributed by atoms with van der Waals surface area (Å²) in [5, 5.41) is 0. The zero-order valence-electron chi connectivity index (χ0n) is 11.7. The number of likely N-dealkylation sites (N-methyl/N-ethyl adjacent to an activating group) is 1. The van der Waals surface area contributed by atoms with Crippen molar-refractivity contribution >= 4 is 18.3 Å². The maximum atomic E-state index is 12.8. The van der Waals surface area contributed by atoms with Gasteiger partial charge in [0.05, 0.1) is 0 Å². The zero-order valence-corrected chi connectivity index (χ0v) is 12.5. The summed E-state index contributed by atoms with van der Waals surface area (Å²) in [6.07, 6.45) is 3.41. The largest absolute Gasteiger partial charge is 0.345 e. The normalized spacial score (nSPS) is 21.4. The number of rotatable bonds is 4. The molecule has 1 fully saturated rings. The highest BCUT2D eigenvalue weighted by atomic mass is 35.5. The summed E-state index contributed by atoms with van der Waals surface area (Å²) in [6, 6.07) is 6.61. The highest BCUT2D eigenvalue weighted by molar-refractivity contribution is 5.85. The number of halogens is 2. The van der Waals surface area contributed by atoms with Crippen molar-refractivity contribution in [3.63, 3.8) is 0 Å². The SMILES string of the molecule is CN(CCc1ccc(F)cc1)C(=O)C1CCC(N)C1.Cl. The van der Waals surface area contributed by atoms with Crippen LogP contribution in [0.2, 0.25) is 0 Å². The molecule has 112 valence electrons. The van der Waals surface area contributed by atoms with Gasteiger partial charge < -0.3 is 10.6 Å². The van der Waals surface area contributed by atoms with Gasteiger partial charge in [-0.2, -0.15) is 0 Å². The Hall–Kier alpha value is -1.13. The number of amides is 1. The maximum absolute atomic E-state index is 12.8. The van der Waals surface area contributed by atoms with Crippen molar-refractivity contribution < 1.29 is 9.18 Å². The summed E-state index contributed by atoms with van der Waals surface area (Å²) in [7, 11) is 1.83. The van der Waals surface area contributed by atoms with Crippen LogP contribution in [0.1, 0.15) is 24.8 Å². The molecule has 0 heterocycles. The van der Waals surface area contributed by atoms with E-state index in [-0.39, 0.29) is 36.1 Å². The van der Waals surface area contributed by atoms with E-state index in [4.69, 9.17) is 5.73 Å². The second-order valence-electron chi connectivity index (χ2n) is 5.41. The molecule has 1 aliphatic rings. The average Bonchev–Trinajstić information content (AvgIpc) is 2.83. The van der Waals surface area contributed by atoms with E-state index < -0.39 is 0 Å². The first-order chi connectivity index (χ1) is 9.06. The second kappa shape index (κ2) is 7.60. The van der Waals surface area contributed by atoms with E-state index in [1.54, 1.807) is 17.0 Å². The van der Waals surface area contributed by atoms with Gasteiger partial charge in [-0.05, 0) is 43.4 Å². The predicted octanol–water partition coefficient (Wildman–Crippen LogP) is 2.38. The lowest BCUT2D eigenvalue weighted by molar-refractivity contribution is -0.134. The lowest BCUT2D eigenvalue weighted by atomic mass is 10.1. The highest BCUT2D eigenvalue weighted by Crippen LogP contribution is 2.25. The van der Waals surface area contributed by atoms with Crippen LogP contribution in [0.4, 0.5) is 4.39 Å². The van der Waals surface area contributed by atoms with Crippen molar-refractivity contribution in [3.05, 3.63) is 35.6 Å². The fraction of sp³-hybridized carbons (Fsp3) is 0.533. The molecule has 2 rings (SSSR count). The summed E-state index contributed by atoms with van der Waals surface area (Å²) in [5.41, 5.74) is 6.88. The van der Waals surface area contributed by atoms with Crippen molar-refractivity contribution in [2.75, 3.05) is 13.6 Å². The van der Waals surface area contributed by atoms with Crippen LogP contribution < -0.4 is 5.73 Å². The molecule has 1 aliphatic carbocycles. The predicted molar refractivity (Wildman–Crippen MR) is 80.3 cm³/mol. The Bertz CT molecular complexity index is 438. The van der Waals surface area contributed by atoms with Crippen LogP contribution in [-0.2, 0) is 11.2 Å². The summed E-state index contributed by atoms with van der Waals surface area (Å²) < 4.78 is 12.8. The Morgan fingerprint density at radius 3 is 2.55 bits per heavy atom. The quantitative estimate of drug-likeness (QED) is 0.928. The van der Waals surface area contributed by atoms with Crippen molar-refractivity contribution in [2.24, 2.45) is 11.7 Å². The van der Waals surface area contributed by atoms with Gasteiger partial charge in [0.2, 0.25) is 5.91 Å². The lowest BCUT2D eigenvalue weighted by Gasteiger charge is -2.21. The number of nitrogens with two attached hydrogens (primary N) is 1. The van der Waals surface area contributed by atoms with E-state index in [9.17, 15) is 9.18 Å². The number of hydrogen-bond donors (Lipinski definition) is 1. The van der Waals surface area contributed by atoms with Gasteiger partial charge in [-0.3, -0.25) is 4.79 Å². The summed E-state index contributed by atoms with van der Waals surface area (Å²) in [6.45, 7) is 0.663.